The summed E-state index contributed by atoms with van der Waals surface area (Å²) in [6, 6.07) is 18.1. The van der Waals surface area contributed by atoms with Crippen molar-refractivity contribution >= 4 is 16.9 Å². The Bertz CT molecular complexity index is 804. The first kappa shape index (κ1) is 15.3. The van der Waals surface area contributed by atoms with E-state index in [4.69, 9.17) is 0 Å². The number of benzene rings is 2. The van der Waals surface area contributed by atoms with E-state index in [0.717, 1.165) is 16.6 Å². The number of carbonyl (C=O) groups excluding carboxylic acids is 1. The Hall–Kier alpha value is -2.62. The van der Waals surface area contributed by atoms with Crippen LogP contribution in [-0.4, -0.2) is 33.4 Å². The van der Waals surface area contributed by atoms with Crippen LogP contribution >= 0.6 is 0 Å². The monoisotopic (exact) mass is 307 g/mol. The van der Waals surface area contributed by atoms with E-state index in [2.05, 4.69) is 17.1 Å². The van der Waals surface area contributed by atoms with E-state index in [9.17, 15) is 4.79 Å². The van der Waals surface area contributed by atoms with E-state index in [0.29, 0.717) is 25.5 Å². The molecule has 2 aromatic carbocycles. The summed E-state index contributed by atoms with van der Waals surface area (Å²) in [7, 11) is 0. The minimum Gasteiger partial charge on any atom is -0.337 e. The van der Waals surface area contributed by atoms with Crippen molar-refractivity contribution in [3.8, 4) is 0 Å². The number of aromatic nitrogens is 2. The zero-order valence-electron chi connectivity index (χ0n) is 13.6. The molecular formula is C19H21N3O. The molecule has 1 amide bonds. The minimum atomic E-state index is -0.0119. The van der Waals surface area contributed by atoms with E-state index in [1.165, 1.54) is 0 Å². The lowest BCUT2D eigenvalue weighted by Gasteiger charge is -2.19. The molecule has 0 aliphatic rings. The summed E-state index contributed by atoms with van der Waals surface area (Å²) in [4.78, 5) is 19.2. The van der Waals surface area contributed by atoms with Gasteiger partial charge in [-0.25, -0.2) is 4.98 Å². The summed E-state index contributed by atoms with van der Waals surface area (Å²) in [5, 5.41) is 0. The van der Waals surface area contributed by atoms with Gasteiger partial charge in [-0.2, -0.15) is 0 Å². The third kappa shape index (κ3) is 2.97. The predicted octanol–water partition coefficient (Wildman–Crippen LogP) is 3.57. The molecule has 0 N–H and O–H groups in total. The summed E-state index contributed by atoms with van der Waals surface area (Å²) in [5.74, 6) is 0.501. The van der Waals surface area contributed by atoms with Crippen molar-refractivity contribution in [2.75, 3.05) is 13.1 Å². The zero-order valence-corrected chi connectivity index (χ0v) is 13.6. The Morgan fingerprint density at radius 1 is 1.00 bits per heavy atom. The summed E-state index contributed by atoms with van der Waals surface area (Å²) >= 11 is 0. The van der Waals surface area contributed by atoms with Crippen molar-refractivity contribution in [2.24, 2.45) is 0 Å². The predicted molar refractivity (Wildman–Crippen MR) is 92.5 cm³/mol. The Kier molecular flexibility index (Phi) is 4.42. The van der Waals surface area contributed by atoms with Crippen molar-refractivity contribution in [3.63, 3.8) is 0 Å². The largest absolute Gasteiger partial charge is 0.337 e. The second-order valence-corrected chi connectivity index (χ2v) is 5.47. The number of hydrogen-bond acceptors (Lipinski definition) is 2. The van der Waals surface area contributed by atoms with Gasteiger partial charge in [-0.3, -0.25) is 4.79 Å². The van der Waals surface area contributed by atoms with Crippen LogP contribution in [0.25, 0.3) is 11.0 Å². The van der Waals surface area contributed by atoms with Gasteiger partial charge in [0.1, 0.15) is 0 Å². The standard InChI is InChI=1S/C19H21N3O/c1-3-21(4-2)19(23)18-20-16-12-8-9-13-17(16)22(18)14-15-10-6-5-7-11-15/h5-13H,3-4,14H2,1-2H3. The lowest BCUT2D eigenvalue weighted by Crippen LogP contribution is -2.32. The molecule has 118 valence electrons. The molecule has 1 heterocycles. The van der Waals surface area contributed by atoms with Crippen molar-refractivity contribution in [3.05, 3.63) is 66.0 Å². The molecule has 0 aliphatic heterocycles. The van der Waals surface area contributed by atoms with E-state index >= 15 is 0 Å². The number of para-hydroxylation sites is 2. The second-order valence-electron chi connectivity index (χ2n) is 5.47. The molecule has 0 spiro atoms. The summed E-state index contributed by atoms with van der Waals surface area (Å²) in [6.45, 7) is 5.99. The molecule has 3 aromatic rings. The van der Waals surface area contributed by atoms with Crippen LogP contribution in [0.4, 0.5) is 0 Å². The van der Waals surface area contributed by atoms with Crippen LogP contribution in [0.2, 0.25) is 0 Å². The maximum absolute atomic E-state index is 12.8. The fourth-order valence-electron chi connectivity index (χ4n) is 2.82. The quantitative estimate of drug-likeness (QED) is 0.723. The first-order chi connectivity index (χ1) is 11.2. The summed E-state index contributed by atoms with van der Waals surface area (Å²) in [5.41, 5.74) is 3.01. The average molecular weight is 307 g/mol. The fourth-order valence-corrected chi connectivity index (χ4v) is 2.82. The van der Waals surface area contributed by atoms with E-state index in [1.54, 1.807) is 0 Å². The molecule has 0 unspecified atom stereocenters. The average Bonchev–Trinajstić information content (AvgIpc) is 2.95. The van der Waals surface area contributed by atoms with Crippen molar-refractivity contribution in [1.82, 2.24) is 14.5 Å². The van der Waals surface area contributed by atoms with E-state index < -0.39 is 0 Å². The summed E-state index contributed by atoms with van der Waals surface area (Å²) in [6.07, 6.45) is 0. The van der Waals surface area contributed by atoms with Gasteiger partial charge >= 0.3 is 0 Å². The Balaban J connectivity index is 2.10. The highest BCUT2D eigenvalue weighted by Crippen LogP contribution is 2.19. The van der Waals surface area contributed by atoms with Crippen LogP contribution in [-0.2, 0) is 6.54 Å². The highest BCUT2D eigenvalue weighted by molar-refractivity contribution is 5.95. The molecule has 0 saturated heterocycles. The lowest BCUT2D eigenvalue weighted by atomic mass is 10.2. The van der Waals surface area contributed by atoms with Crippen LogP contribution in [0.3, 0.4) is 0 Å². The molecule has 1 aromatic heterocycles. The van der Waals surface area contributed by atoms with Gasteiger partial charge in [-0.15, -0.1) is 0 Å². The molecule has 0 atom stereocenters. The number of rotatable bonds is 5. The molecule has 3 rings (SSSR count). The number of imidazole rings is 1. The van der Waals surface area contributed by atoms with Gasteiger partial charge in [0.15, 0.2) is 0 Å². The second kappa shape index (κ2) is 6.65. The fraction of sp³-hybridized carbons (Fsp3) is 0.263. The van der Waals surface area contributed by atoms with Gasteiger partial charge < -0.3 is 9.47 Å². The molecule has 23 heavy (non-hydrogen) atoms. The molecule has 0 saturated carbocycles. The molecule has 0 bridgehead atoms. The molecule has 0 fully saturated rings. The highest BCUT2D eigenvalue weighted by atomic mass is 16.2. The van der Waals surface area contributed by atoms with E-state index in [-0.39, 0.29) is 5.91 Å². The van der Waals surface area contributed by atoms with Crippen LogP contribution < -0.4 is 0 Å². The lowest BCUT2D eigenvalue weighted by molar-refractivity contribution is 0.0757. The van der Waals surface area contributed by atoms with Gasteiger partial charge in [-0.05, 0) is 31.5 Å². The first-order valence-electron chi connectivity index (χ1n) is 8.03. The third-order valence-electron chi connectivity index (χ3n) is 4.08. The maximum atomic E-state index is 12.8. The van der Waals surface area contributed by atoms with Crippen LogP contribution in [0.5, 0.6) is 0 Å². The first-order valence-corrected chi connectivity index (χ1v) is 8.03. The molecular weight excluding hydrogens is 286 g/mol. The van der Waals surface area contributed by atoms with Gasteiger partial charge in [0.05, 0.1) is 11.0 Å². The molecule has 4 nitrogen and oxygen atoms in total. The SMILES string of the molecule is CCN(CC)C(=O)c1nc2ccccc2n1Cc1ccccc1. The normalized spacial score (nSPS) is 10.9. The zero-order chi connectivity index (χ0) is 16.2. The minimum absolute atomic E-state index is 0.0119. The maximum Gasteiger partial charge on any atom is 0.289 e. The van der Waals surface area contributed by atoms with Gasteiger partial charge in [0.25, 0.3) is 5.91 Å². The van der Waals surface area contributed by atoms with Crippen LogP contribution in [0.1, 0.15) is 30.0 Å². The van der Waals surface area contributed by atoms with Crippen molar-refractivity contribution in [1.29, 1.82) is 0 Å². The van der Waals surface area contributed by atoms with Gasteiger partial charge in [-0.1, -0.05) is 42.5 Å². The number of nitrogens with zero attached hydrogens (tertiary/aromatic N) is 3. The Morgan fingerprint density at radius 2 is 1.65 bits per heavy atom. The van der Waals surface area contributed by atoms with Gasteiger partial charge in [0.2, 0.25) is 5.82 Å². The highest BCUT2D eigenvalue weighted by Gasteiger charge is 2.21. The molecule has 0 aliphatic carbocycles. The van der Waals surface area contributed by atoms with Crippen molar-refractivity contribution in [2.45, 2.75) is 20.4 Å². The Labute approximate surface area is 136 Å². The van der Waals surface area contributed by atoms with Gasteiger partial charge in [0, 0.05) is 19.6 Å². The summed E-state index contributed by atoms with van der Waals surface area (Å²) < 4.78 is 2.02. The van der Waals surface area contributed by atoms with Crippen LogP contribution in [0.15, 0.2) is 54.6 Å². The number of amides is 1. The van der Waals surface area contributed by atoms with Crippen LogP contribution in [0, 0.1) is 0 Å². The molecule has 0 radical (unpaired) electrons. The topological polar surface area (TPSA) is 38.1 Å². The smallest absolute Gasteiger partial charge is 0.289 e. The van der Waals surface area contributed by atoms with Crippen molar-refractivity contribution < 1.29 is 4.79 Å². The number of hydrogen-bond donors (Lipinski definition) is 0. The third-order valence-corrected chi connectivity index (χ3v) is 4.08. The number of carbonyl (C=O) groups is 1. The number of fused-ring (bicyclic) bond motifs is 1. The molecule has 4 heteroatoms. The van der Waals surface area contributed by atoms with E-state index in [1.807, 2.05) is 65.8 Å². The Morgan fingerprint density at radius 3 is 2.35 bits per heavy atom.